The first-order valence-corrected chi connectivity index (χ1v) is 8.39. The van der Waals surface area contributed by atoms with Gasteiger partial charge >= 0.3 is 0 Å². The minimum atomic E-state index is 0.399. The van der Waals surface area contributed by atoms with Crippen molar-refractivity contribution >= 4 is 22.8 Å². The molecule has 0 aliphatic carbocycles. The van der Waals surface area contributed by atoms with E-state index < -0.39 is 0 Å². The first-order chi connectivity index (χ1) is 10.6. The SMILES string of the molecule is Cc1ncsc1CCN(C)c1cc(C(C)C)nc2ccnn12. The monoisotopic (exact) mass is 315 g/mol. The molecule has 0 bridgehead atoms. The molecular weight excluding hydrogens is 294 g/mol. The van der Waals surface area contributed by atoms with Crippen molar-refractivity contribution in [3.63, 3.8) is 0 Å². The molecule has 3 rings (SSSR count). The van der Waals surface area contributed by atoms with E-state index in [2.05, 4.69) is 53.9 Å². The van der Waals surface area contributed by atoms with Gasteiger partial charge in [0.1, 0.15) is 5.82 Å². The minimum Gasteiger partial charge on any atom is -0.359 e. The maximum atomic E-state index is 4.67. The number of anilines is 1. The lowest BCUT2D eigenvalue weighted by Gasteiger charge is -2.21. The van der Waals surface area contributed by atoms with Crippen LogP contribution in [0.15, 0.2) is 23.8 Å². The lowest BCUT2D eigenvalue weighted by atomic mass is 10.1. The number of hydrogen-bond donors (Lipinski definition) is 0. The Morgan fingerprint density at radius 2 is 2.18 bits per heavy atom. The second-order valence-electron chi connectivity index (χ2n) is 5.83. The summed E-state index contributed by atoms with van der Waals surface area (Å²) in [5.41, 5.74) is 5.06. The van der Waals surface area contributed by atoms with Gasteiger partial charge in [-0.25, -0.2) is 9.97 Å². The van der Waals surface area contributed by atoms with Gasteiger partial charge in [0.05, 0.1) is 17.4 Å². The zero-order chi connectivity index (χ0) is 15.7. The summed E-state index contributed by atoms with van der Waals surface area (Å²) >= 11 is 1.73. The molecule has 0 radical (unpaired) electrons. The molecule has 5 nitrogen and oxygen atoms in total. The maximum Gasteiger partial charge on any atom is 0.157 e. The number of hydrogen-bond acceptors (Lipinski definition) is 5. The summed E-state index contributed by atoms with van der Waals surface area (Å²) in [6.07, 6.45) is 2.80. The van der Waals surface area contributed by atoms with Crippen molar-refractivity contribution in [1.82, 2.24) is 19.6 Å². The van der Waals surface area contributed by atoms with Crippen LogP contribution in [0, 0.1) is 6.92 Å². The fraction of sp³-hybridized carbons (Fsp3) is 0.438. The van der Waals surface area contributed by atoms with Gasteiger partial charge in [-0.05, 0) is 12.8 Å². The second-order valence-corrected chi connectivity index (χ2v) is 6.77. The molecule has 0 fully saturated rings. The van der Waals surface area contributed by atoms with Gasteiger partial charge in [0.2, 0.25) is 0 Å². The van der Waals surface area contributed by atoms with Crippen LogP contribution in [0.1, 0.15) is 36.0 Å². The quantitative estimate of drug-likeness (QED) is 0.725. The molecule has 3 aromatic rings. The predicted octanol–water partition coefficient (Wildman–Crippen LogP) is 3.30. The van der Waals surface area contributed by atoms with E-state index >= 15 is 0 Å². The number of nitrogens with zero attached hydrogens (tertiary/aromatic N) is 5. The smallest absolute Gasteiger partial charge is 0.157 e. The Labute approximate surface area is 134 Å². The Kier molecular flexibility index (Phi) is 4.11. The molecular formula is C16H21N5S. The molecule has 0 N–H and O–H groups in total. The summed E-state index contributed by atoms with van der Waals surface area (Å²) in [5.74, 6) is 1.48. The Bertz CT molecular complexity index is 774. The molecule has 0 saturated carbocycles. The predicted molar refractivity (Wildman–Crippen MR) is 90.9 cm³/mol. The molecule has 116 valence electrons. The third kappa shape index (κ3) is 2.83. The molecule has 0 atom stereocenters. The van der Waals surface area contributed by atoms with Gasteiger partial charge in [-0.2, -0.15) is 9.61 Å². The molecule has 3 heterocycles. The van der Waals surface area contributed by atoms with Crippen LogP contribution in [-0.4, -0.2) is 33.2 Å². The maximum absolute atomic E-state index is 4.67. The number of aryl methyl sites for hydroxylation is 1. The van der Waals surface area contributed by atoms with E-state index in [1.54, 1.807) is 17.5 Å². The van der Waals surface area contributed by atoms with E-state index in [0.29, 0.717) is 5.92 Å². The first kappa shape index (κ1) is 15.0. The first-order valence-electron chi connectivity index (χ1n) is 7.51. The molecule has 0 spiro atoms. The van der Waals surface area contributed by atoms with E-state index in [4.69, 9.17) is 0 Å². The summed E-state index contributed by atoms with van der Waals surface area (Å²) in [4.78, 5) is 12.6. The van der Waals surface area contributed by atoms with Crippen LogP contribution in [0.4, 0.5) is 5.82 Å². The Hall–Kier alpha value is -1.95. The van der Waals surface area contributed by atoms with E-state index in [-0.39, 0.29) is 0 Å². The van der Waals surface area contributed by atoms with Crippen LogP contribution in [0.25, 0.3) is 5.65 Å². The summed E-state index contributed by atoms with van der Waals surface area (Å²) in [6, 6.07) is 4.10. The van der Waals surface area contributed by atoms with Crippen molar-refractivity contribution in [1.29, 1.82) is 0 Å². The van der Waals surface area contributed by atoms with Crippen molar-refractivity contribution in [2.45, 2.75) is 33.1 Å². The van der Waals surface area contributed by atoms with Crippen LogP contribution in [0.5, 0.6) is 0 Å². The Balaban J connectivity index is 1.87. The molecule has 0 saturated heterocycles. The van der Waals surface area contributed by atoms with Gasteiger partial charge in [0, 0.05) is 42.7 Å². The molecule has 0 aliphatic rings. The second kappa shape index (κ2) is 6.04. The largest absolute Gasteiger partial charge is 0.359 e. The van der Waals surface area contributed by atoms with E-state index in [0.717, 1.165) is 35.8 Å². The fourth-order valence-corrected chi connectivity index (χ4v) is 3.20. The van der Waals surface area contributed by atoms with Gasteiger partial charge in [-0.1, -0.05) is 13.8 Å². The summed E-state index contributed by atoms with van der Waals surface area (Å²) in [7, 11) is 2.11. The van der Waals surface area contributed by atoms with Crippen LogP contribution in [-0.2, 0) is 6.42 Å². The number of rotatable bonds is 5. The van der Waals surface area contributed by atoms with Gasteiger partial charge in [-0.3, -0.25) is 0 Å². The van der Waals surface area contributed by atoms with Crippen molar-refractivity contribution in [3.05, 3.63) is 40.1 Å². The van der Waals surface area contributed by atoms with Crippen molar-refractivity contribution in [3.8, 4) is 0 Å². The number of fused-ring (bicyclic) bond motifs is 1. The van der Waals surface area contributed by atoms with Crippen LogP contribution >= 0.6 is 11.3 Å². The standard InChI is InChI=1S/C16H21N5S/c1-11(2)13-9-16(21-15(19-13)5-7-18-21)20(4)8-6-14-12(3)17-10-22-14/h5,7,9-11H,6,8H2,1-4H3. The van der Waals surface area contributed by atoms with Crippen molar-refractivity contribution in [2.24, 2.45) is 0 Å². The molecule has 0 aromatic carbocycles. The van der Waals surface area contributed by atoms with Gasteiger partial charge in [0.25, 0.3) is 0 Å². The molecule has 0 unspecified atom stereocenters. The zero-order valence-corrected chi connectivity index (χ0v) is 14.3. The lowest BCUT2D eigenvalue weighted by molar-refractivity contribution is 0.780. The van der Waals surface area contributed by atoms with Crippen molar-refractivity contribution < 1.29 is 0 Å². The highest BCUT2D eigenvalue weighted by atomic mass is 32.1. The highest BCUT2D eigenvalue weighted by Crippen LogP contribution is 2.22. The summed E-state index contributed by atoms with van der Waals surface area (Å²) in [6.45, 7) is 7.33. The van der Waals surface area contributed by atoms with E-state index in [9.17, 15) is 0 Å². The highest BCUT2D eigenvalue weighted by Gasteiger charge is 2.13. The van der Waals surface area contributed by atoms with Gasteiger partial charge in [-0.15, -0.1) is 11.3 Å². The lowest BCUT2D eigenvalue weighted by Crippen LogP contribution is -2.23. The molecule has 22 heavy (non-hydrogen) atoms. The normalized spacial score (nSPS) is 11.5. The Morgan fingerprint density at radius 3 is 2.86 bits per heavy atom. The molecule has 0 aliphatic heterocycles. The van der Waals surface area contributed by atoms with Gasteiger partial charge in [0.15, 0.2) is 5.65 Å². The average molecular weight is 315 g/mol. The van der Waals surface area contributed by atoms with Crippen LogP contribution in [0.2, 0.25) is 0 Å². The topological polar surface area (TPSA) is 46.3 Å². The van der Waals surface area contributed by atoms with Crippen LogP contribution in [0.3, 0.4) is 0 Å². The molecule has 3 aromatic heterocycles. The van der Waals surface area contributed by atoms with Crippen LogP contribution < -0.4 is 4.90 Å². The third-order valence-corrected chi connectivity index (χ3v) is 4.86. The molecule has 6 heteroatoms. The summed E-state index contributed by atoms with van der Waals surface area (Å²) in [5, 5.41) is 4.41. The number of aromatic nitrogens is 4. The highest BCUT2D eigenvalue weighted by molar-refractivity contribution is 7.09. The number of thiazole rings is 1. The van der Waals surface area contributed by atoms with Crippen molar-refractivity contribution in [2.75, 3.05) is 18.5 Å². The van der Waals surface area contributed by atoms with E-state index in [1.165, 1.54) is 4.88 Å². The third-order valence-electron chi connectivity index (χ3n) is 3.86. The number of likely N-dealkylation sites (N-methyl/N-ethyl adjacent to an activating group) is 1. The average Bonchev–Trinajstić information content (AvgIpc) is 3.12. The molecule has 0 amide bonds. The van der Waals surface area contributed by atoms with Gasteiger partial charge < -0.3 is 4.90 Å². The summed E-state index contributed by atoms with van der Waals surface area (Å²) < 4.78 is 1.91. The van der Waals surface area contributed by atoms with E-state index in [1.807, 2.05) is 16.1 Å². The Morgan fingerprint density at radius 1 is 1.36 bits per heavy atom. The minimum absolute atomic E-state index is 0.399. The fourth-order valence-electron chi connectivity index (χ4n) is 2.43. The zero-order valence-electron chi connectivity index (χ0n) is 13.4.